The quantitative estimate of drug-likeness (QED) is 0.172. The number of hydrogen-bond donors (Lipinski definition) is 2. The van der Waals surface area contributed by atoms with Crippen LogP contribution in [0, 0.1) is 17.8 Å². The number of likely N-dealkylation sites (N-methyl/N-ethyl adjacent to an activating group) is 1. The molecular formula is C31H47F2N4O6VY-. The molecule has 2 heterocycles. The number of aromatic amines is 1. The van der Waals surface area contributed by atoms with Crippen molar-refractivity contribution in [1.82, 2.24) is 19.9 Å². The number of likely N-dealkylation sites (tertiary alicyclic amines) is 1. The number of alkyl halides is 2. The van der Waals surface area contributed by atoms with Gasteiger partial charge >= 0.3 is 6.61 Å². The molecule has 10 nitrogen and oxygen atoms in total. The van der Waals surface area contributed by atoms with Crippen LogP contribution in [0.15, 0.2) is 23.0 Å². The molecule has 2 aliphatic rings. The molecule has 45 heavy (non-hydrogen) atoms. The van der Waals surface area contributed by atoms with E-state index in [-0.39, 0.29) is 86.4 Å². The first-order valence-corrected chi connectivity index (χ1v) is 15.2. The normalized spacial score (nSPS) is 20.6. The summed E-state index contributed by atoms with van der Waals surface area (Å²) < 4.78 is 28.9. The van der Waals surface area contributed by atoms with Crippen molar-refractivity contribution in [2.45, 2.75) is 97.6 Å². The first-order valence-electron chi connectivity index (χ1n) is 15.2. The molecule has 1 aromatic heterocycles. The van der Waals surface area contributed by atoms with Gasteiger partial charge in [0.2, 0.25) is 5.91 Å². The molecule has 1 saturated carbocycles. The van der Waals surface area contributed by atoms with E-state index in [4.69, 9.17) is 0 Å². The number of rotatable bonds is 13. The number of H-pyrrole nitrogens is 1. The minimum absolute atomic E-state index is 0. The Morgan fingerprint density at radius 2 is 1.93 bits per heavy atom. The Morgan fingerprint density at radius 3 is 2.53 bits per heavy atom. The molecule has 0 spiro atoms. The zero-order valence-electron chi connectivity index (χ0n) is 26.5. The number of aryl methyl sites for hydroxylation is 1. The summed E-state index contributed by atoms with van der Waals surface area (Å²) in [5.41, 5.74) is 1.25. The Hall–Kier alpha value is -1.27. The van der Waals surface area contributed by atoms with Gasteiger partial charge in [-0.3, -0.25) is 9.59 Å². The van der Waals surface area contributed by atoms with Crippen molar-refractivity contribution >= 4 is 23.2 Å². The number of amides is 1. The Bertz CT molecular complexity index is 1230. The van der Waals surface area contributed by atoms with Crippen molar-refractivity contribution < 1.29 is 85.1 Å². The second-order valence-corrected chi connectivity index (χ2v) is 11.4. The van der Waals surface area contributed by atoms with Crippen LogP contribution in [0.3, 0.4) is 0 Å². The predicted octanol–water partition coefficient (Wildman–Crippen LogP) is 4.67. The Kier molecular flexibility index (Phi) is 21.7. The van der Waals surface area contributed by atoms with Crippen LogP contribution in [-0.4, -0.2) is 75.1 Å². The summed E-state index contributed by atoms with van der Waals surface area (Å²) in [7, 11) is 0. The van der Waals surface area contributed by atoms with Crippen molar-refractivity contribution in [1.29, 1.82) is 0 Å². The SMILES string of the molecule is CC1CCCC1CCCCCc1nc2ccc(OC(F)F)cc2[nH]c1=O.CCC1CCN(C(=O)CN(O)CC)C1[C-]=O.O.[V].[Y]. The van der Waals surface area contributed by atoms with Gasteiger partial charge in [0.15, 0.2) is 0 Å². The van der Waals surface area contributed by atoms with E-state index in [1.54, 1.807) is 13.0 Å². The largest absolute Gasteiger partial charge is 0.540 e. The second kappa shape index (κ2) is 22.3. The van der Waals surface area contributed by atoms with Crippen LogP contribution < -0.4 is 10.3 Å². The summed E-state index contributed by atoms with van der Waals surface area (Å²) in [6, 6.07) is 3.98. The first kappa shape index (κ1) is 43.7. The van der Waals surface area contributed by atoms with E-state index in [1.807, 2.05) is 13.2 Å². The zero-order valence-corrected chi connectivity index (χ0v) is 30.7. The van der Waals surface area contributed by atoms with Gasteiger partial charge < -0.3 is 30.1 Å². The number of aromatic nitrogens is 2. The minimum atomic E-state index is -2.89. The van der Waals surface area contributed by atoms with E-state index >= 15 is 0 Å². The number of fused-ring (bicyclic) bond motifs is 1. The number of benzene rings is 1. The monoisotopic (exact) mass is 749 g/mol. The van der Waals surface area contributed by atoms with Gasteiger partial charge in [-0.2, -0.15) is 13.8 Å². The number of unbranched alkanes of at least 4 members (excludes halogenated alkanes) is 2. The Balaban J connectivity index is 0.000000891. The van der Waals surface area contributed by atoms with Crippen molar-refractivity contribution in [2.75, 3.05) is 19.6 Å². The van der Waals surface area contributed by atoms with E-state index < -0.39 is 12.7 Å². The third kappa shape index (κ3) is 13.4. The van der Waals surface area contributed by atoms with Crippen molar-refractivity contribution in [3.05, 3.63) is 34.2 Å². The molecule has 1 saturated heterocycles. The molecule has 4 atom stereocenters. The zero-order chi connectivity index (χ0) is 30.6. The molecule has 2 radical (unpaired) electrons. The van der Waals surface area contributed by atoms with Crippen LogP contribution in [0.1, 0.15) is 84.3 Å². The van der Waals surface area contributed by atoms with E-state index in [1.165, 1.54) is 49.1 Å². The summed E-state index contributed by atoms with van der Waals surface area (Å²) in [5.74, 6) is 1.77. The molecule has 14 heteroatoms. The standard InChI is InChI=1S/C20H26F2N2O2.C11H19N2O3.H2O.V.Y/c1-13-6-5-8-14(13)7-3-2-4-9-17-19(25)24-18-12-15(26-20(21)22)10-11-16(18)23-17;1-3-9-5-6-13(10(9)8-14)11(15)7-12(16)4-2;;;/h10-14,20H,2-9H2,1H3,(H,24,25);9-10,16H,3-7H2,1-2H3;1H2;;/q;-1;;;. The number of carbonyl (C=O) groups is 1. The average Bonchev–Trinajstić information content (AvgIpc) is 3.58. The Labute approximate surface area is 301 Å². The number of nitrogens with one attached hydrogen (secondary N) is 1. The number of carbonyl (C=O) groups excluding carboxylic acids is 2. The molecule has 1 aliphatic heterocycles. The van der Waals surface area contributed by atoms with E-state index in [9.17, 15) is 28.4 Å². The predicted molar refractivity (Wildman–Crippen MR) is 160 cm³/mol. The van der Waals surface area contributed by atoms with Crippen molar-refractivity contribution in [3.8, 4) is 5.75 Å². The third-order valence-electron chi connectivity index (χ3n) is 8.66. The first-order chi connectivity index (χ1) is 20.2. The van der Waals surface area contributed by atoms with Crippen molar-refractivity contribution in [3.63, 3.8) is 0 Å². The van der Waals surface area contributed by atoms with Crippen LogP contribution in [-0.2, 0) is 67.3 Å². The van der Waals surface area contributed by atoms with Gasteiger partial charge in [0, 0.05) is 70.4 Å². The number of halogens is 2. The van der Waals surface area contributed by atoms with Gasteiger partial charge in [0.1, 0.15) is 18.0 Å². The maximum absolute atomic E-state index is 12.3. The Morgan fingerprint density at radius 1 is 1.20 bits per heavy atom. The maximum atomic E-state index is 12.3. The average molecular weight is 750 g/mol. The molecule has 1 aliphatic carbocycles. The van der Waals surface area contributed by atoms with Crippen LogP contribution >= 0.6 is 0 Å². The number of nitrogens with zero attached hydrogens (tertiary/aromatic N) is 3. The van der Waals surface area contributed by atoms with Crippen LogP contribution in [0.5, 0.6) is 5.75 Å². The van der Waals surface area contributed by atoms with Gasteiger partial charge in [0.05, 0.1) is 11.0 Å². The molecule has 250 valence electrons. The molecule has 2 fully saturated rings. The van der Waals surface area contributed by atoms with E-state index in [2.05, 4.69) is 21.6 Å². The summed E-state index contributed by atoms with van der Waals surface area (Å²) in [6.45, 7) is 4.17. The molecular weight excluding hydrogens is 702 g/mol. The molecule has 4 N–H and O–H groups in total. The maximum Gasteiger partial charge on any atom is 0.387 e. The van der Waals surface area contributed by atoms with Gasteiger partial charge in [-0.1, -0.05) is 71.8 Å². The fourth-order valence-corrected chi connectivity index (χ4v) is 6.06. The van der Waals surface area contributed by atoms with E-state index in [0.29, 0.717) is 36.2 Å². The summed E-state index contributed by atoms with van der Waals surface area (Å²) >= 11 is 0. The third-order valence-corrected chi connectivity index (χ3v) is 8.66. The van der Waals surface area contributed by atoms with E-state index in [0.717, 1.165) is 42.6 Å². The van der Waals surface area contributed by atoms with Gasteiger partial charge in [-0.15, -0.1) is 0 Å². The molecule has 2 aromatic rings. The smallest absolute Gasteiger partial charge is 0.387 e. The topological polar surface area (TPSA) is 147 Å². The number of hydrogen-bond acceptors (Lipinski definition) is 7. The second-order valence-electron chi connectivity index (χ2n) is 11.4. The fraction of sp³-hybridized carbons (Fsp3) is 0.677. The minimum Gasteiger partial charge on any atom is -0.540 e. The molecule has 4 rings (SSSR count). The molecule has 1 aromatic carbocycles. The van der Waals surface area contributed by atoms with Gasteiger partial charge in [-0.05, 0) is 49.1 Å². The summed E-state index contributed by atoms with van der Waals surface area (Å²) in [6.07, 6.45) is 12.9. The molecule has 4 unspecified atom stereocenters. The van der Waals surface area contributed by atoms with Gasteiger partial charge in [-0.25, -0.2) is 11.3 Å². The summed E-state index contributed by atoms with van der Waals surface area (Å²) in [4.78, 5) is 43.5. The summed E-state index contributed by atoms with van der Waals surface area (Å²) in [5, 5.41) is 10.2. The number of ether oxygens (including phenoxy) is 1. The van der Waals surface area contributed by atoms with Gasteiger partial charge in [0.25, 0.3) is 5.56 Å². The van der Waals surface area contributed by atoms with Crippen molar-refractivity contribution in [2.24, 2.45) is 17.8 Å². The fourth-order valence-electron chi connectivity index (χ4n) is 6.06. The molecule has 1 amide bonds. The number of hydroxylamine groups is 2. The van der Waals surface area contributed by atoms with Crippen LogP contribution in [0.25, 0.3) is 11.0 Å². The molecule has 0 bridgehead atoms. The van der Waals surface area contributed by atoms with Crippen LogP contribution in [0.2, 0.25) is 0 Å². The van der Waals surface area contributed by atoms with Crippen LogP contribution in [0.4, 0.5) is 8.78 Å².